The SMILES string of the molecule is COC(c1nc(C(C)(C)C)c(Br)c(=O)[nH]1)C1CCCCC1. The fourth-order valence-electron chi connectivity index (χ4n) is 3.07. The van der Waals surface area contributed by atoms with Crippen molar-refractivity contribution in [1.29, 1.82) is 0 Å². The molecule has 5 heteroatoms. The molecule has 1 aromatic heterocycles. The van der Waals surface area contributed by atoms with E-state index in [-0.39, 0.29) is 17.1 Å². The number of nitrogens with zero attached hydrogens (tertiary/aromatic N) is 1. The van der Waals surface area contributed by atoms with Crippen LogP contribution >= 0.6 is 15.9 Å². The van der Waals surface area contributed by atoms with Crippen LogP contribution < -0.4 is 5.56 Å². The van der Waals surface area contributed by atoms with Gasteiger partial charge in [0.1, 0.15) is 16.4 Å². The summed E-state index contributed by atoms with van der Waals surface area (Å²) in [6, 6.07) is 0. The molecule has 2 rings (SSSR count). The van der Waals surface area contributed by atoms with Crippen LogP contribution in [0, 0.1) is 5.92 Å². The van der Waals surface area contributed by atoms with Gasteiger partial charge in [0, 0.05) is 12.5 Å². The first kappa shape index (κ1) is 16.7. The lowest BCUT2D eigenvalue weighted by atomic mass is 9.84. The highest BCUT2D eigenvalue weighted by Crippen LogP contribution is 2.36. The van der Waals surface area contributed by atoms with Gasteiger partial charge in [0.2, 0.25) is 0 Å². The number of H-pyrrole nitrogens is 1. The molecule has 1 aliphatic rings. The lowest BCUT2D eigenvalue weighted by molar-refractivity contribution is 0.0284. The normalized spacial score (nSPS) is 18.7. The van der Waals surface area contributed by atoms with Crippen molar-refractivity contribution in [3.8, 4) is 0 Å². The van der Waals surface area contributed by atoms with E-state index in [1.165, 1.54) is 19.3 Å². The van der Waals surface area contributed by atoms with Gasteiger partial charge in [0.05, 0.1) is 5.69 Å². The molecule has 1 atom stereocenters. The Kier molecular flexibility index (Phi) is 5.25. The molecule has 1 heterocycles. The molecule has 21 heavy (non-hydrogen) atoms. The van der Waals surface area contributed by atoms with Crippen LogP contribution in [-0.4, -0.2) is 17.1 Å². The number of hydrogen-bond acceptors (Lipinski definition) is 3. The number of rotatable bonds is 3. The largest absolute Gasteiger partial charge is 0.373 e. The molecular formula is C16H25BrN2O2. The van der Waals surface area contributed by atoms with Gasteiger partial charge in [0.25, 0.3) is 5.56 Å². The lowest BCUT2D eigenvalue weighted by Crippen LogP contribution is -2.28. The van der Waals surface area contributed by atoms with E-state index < -0.39 is 0 Å². The molecule has 1 aromatic rings. The van der Waals surface area contributed by atoms with Crippen LogP contribution in [0.15, 0.2) is 9.27 Å². The van der Waals surface area contributed by atoms with Gasteiger partial charge in [-0.15, -0.1) is 0 Å². The van der Waals surface area contributed by atoms with E-state index in [9.17, 15) is 4.79 Å². The third-order valence-corrected chi connectivity index (χ3v) is 4.93. The highest BCUT2D eigenvalue weighted by atomic mass is 79.9. The number of aromatic nitrogens is 2. The zero-order valence-corrected chi connectivity index (χ0v) is 14.9. The highest BCUT2D eigenvalue weighted by molar-refractivity contribution is 9.10. The van der Waals surface area contributed by atoms with Crippen LogP contribution in [0.4, 0.5) is 0 Å². The van der Waals surface area contributed by atoms with Gasteiger partial charge in [-0.3, -0.25) is 4.79 Å². The molecule has 0 spiro atoms. The van der Waals surface area contributed by atoms with Crippen molar-refractivity contribution in [2.45, 2.75) is 64.4 Å². The van der Waals surface area contributed by atoms with Crippen LogP contribution in [0.2, 0.25) is 0 Å². The number of aromatic amines is 1. The van der Waals surface area contributed by atoms with E-state index in [4.69, 9.17) is 9.72 Å². The molecule has 0 aliphatic heterocycles. The van der Waals surface area contributed by atoms with Crippen LogP contribution in [0.5, 0.6) is 0 Å². The molecule has 0 radical (unpaired) electrons. The first-order valence-corrected chi connectivity index (χ1v) is 8.47. The highest BCUT2D eigenvalue weighted by Gasteiger charge is 2.29. The molecule has 1 fully saturated rings. The second kappa shape index (κ2) is 6.61. The smallest absolute Gasteiger partial charge is 0.265 e. The third-order valence-electron chi connectivity index (χ3n) is 4.19. The summed E-state index contributed by atoms with van der Waals surface area (Å²) in [5, 5.41) is 0. The molecule has 0 saturated heterocycles. The van der Waals surface area contributed by atoms with Crippen molar-refractivity contribution in [1.82, 2.24) is 9.97 Å². The second-order valence-corrected chi connectivity index (χ2v) is 7.71. The molecule has 0 amide bonds. The molecule has 0 aromatic carbocycles. The first-order valence-electron chi connectivity index (χ1n) is 7.67. The van der Waals surface area contributed by atoms with Crippen molar-refractivity contribution in [2.75, 3.05) is 7.11 Å². The summed E-state index contributed by atoms with van der Waals surface area (Å²) in [6.07, 6.45) is 5.93. The van der Waals surface area contributed by atoms with Gasteiger partial charge in [0.15, 0.2) is 0 Å². The Hall–Kier alpha value is -0.680. The number of methoxy groups -OCH3 is 1. The van der Waals surface area contributed by atoms with Crippen LogP contribution in [0.3, 0.4) is 0 Å². The maximum atomic E-state index is 12.2. The lowest BCUT2D eigenvalue weighted by Gasteiger charge is -2.29. The minimum atomic E-state index is -0.188. The van der Waals surface area contributed by atoms with E-state index in [0.29, 0.717) is 16.2 Å². The maximum Gasteiger partial charge on any atom is 0.265 e. The number of hydrogen-bond donors (Lipinski definition) is 1. The molecule has 1 aliphatic carbocycles. The fraction of sp³-hybridized carbons (Fsp3) is 0.750. The first-order chi connectivity index (χ1) is 9.84. The quantitative estimate of drug-likeness (QED) is 0.886. The summed E-state index contributed by atoms with van der Waals surface area (Å²) < 4.78 is 6.22. The van der Waals surface area contributed by atoms with E-state index in [1.807, 2.05) is 0 Å². The van der Waals surface area contributed by atoms with Crippen molar-refractivity contribution >= 4 is 15.9 Å². The van der Waals surface area contributed by atoms with Gasteiger partial charge in [-0.1, -0.05) is 40.0 Å². The van der Waals surface area contributed by atoms with Crippen LogP contribution in [0.25, 0.3) is 0 Å². The molecular weight excluding hydrogens is 332 g/mol. The maximum absolute atomic E-state index is 12.2. The van der Waals surface area contributed by atoms with Gasteiger partial charge in [-0.25, -0.2) is 4.98 Å². The average molecular weight is 357 g/mol. The summed E-state index contributed by atoms with van der Waals surface area (Å²) in [5.41, 5.74) is 0.481. The summed E-state index contributed by atoms with van der Waals surface area (Å²) >= 11 is 3.37. The van der Waals surface area contributed by atoms with E-state index in [2.05, 4.69) is 41.7 Å². The zero-order chi connectivity index (χ0) is 15.6. The average Bonchev–Trinajstić information content (AvgIpc) is 2.43. The Bertz CT molecular complexity index is 542. The Labute approximate surface area is 134 Å². The minimum Gasteiger partial charge on any atom is -0.373 e. The monoisotopic (exact) mass is 356 g/mol. The summed E-state index contributed by atoms with van der Waals surface area (Å²) in [6.45, 7) is 6.18. The third kappa shape index (κ3) is 3.75. The van der Waals surface area contributed by atoms with E-state index in [0.717, 1.165) is 18.5 Å². The van der Waals surface area contributed by atoms with Gasteiger partial charge < -0.3 is 9.72 Å². The van der Waals surface area contributed by atoms with Crippen molar-refractivity contribution in [3.63, 3.8) is 0 Å². The predicted molar refractivity (Wildman–Crippen MR) is 87.6 cm³/mol. The summed E-state index contributed by atoms with van der Waals surface area (Å²) in [4.78, 5) is 19.8. The number of ether oxygens (including phenoxy) is 1. The van der Waals surface area contributed by atoms with Gasteiger partial charge >= 0.3 is 0 Å². The Morgan fingerprint density at radius 1 is 1.29 bits per heavy atom. The Morgan fingerprint density at radius 3 is 2.43 bits per heavy atom. The molecule has 1 unspecified atom stereocenters. The second-order valence-electron chi connectivity index (χ2n) is 6.92. The molecule has 0 bridgehead atoms. The number of nitrogens with one attached hydrogen (secondary N) is 1. The summed E-state index contributed by atoms with van der Waals surface area (Å²) in [5.74, 6) is 1.11. The van der Waals surface area contributed by atoms with Gasteiger partial charge in [-0.2, -0.15) is 0 Å². The molecule has 4 nitrogen and oxygen atoms in total. The van der Waals surface area contributed by atoms with Crippen molar-refractivity contribution in [3.05, 3.63) is 26.3 Å². The Balaban J connectivity index is 2.42. The minimum absolute atomic E-state index is 0.118. The standard InChI is InChI=1S/C16H25BrN2O2/c1-16(2,3)13-11(17)15(20)19-14(18-13)12(21-4)10-8-6-5-7-9-10/h10,12H,5-9H2,1-4H3,(H,18,19,20). The Morgan fingerprint density at radius 2 is 1.90 bits per heavy atom. The van der Waals surface area contributed by atoms with E-state index in [1.54, 1.807) is 7.11 Å². The van der Waals surface area contributed by atoms with Crippen LogP contribution in [0.1, 0.15) is 70.5 Å². The molecule has 1 N–H and O–H groups in total. The molecule has 1 saturated carbocycles. The van der Waals surface area contributed by atoms with Crippen molar-refractivity contribution < 1.29 is 4.74 Å². The number of halogens is 1. The molecule has 118 valence electrons. The van der Waals surface area contributed by atoms with E-state index >= 15 is 0 Å². The van der Waals surface area contributed by atoms with Crippen molar-refractivity contribution in [2.24, 2.45) is 5.92 Å². The van der Waals surface area contributed by atoms with Gasteiger partial charge in [-0.05, 0) is 34.7 Å². The van der Waals surface area contributed by atoms with Crippen LogP contribution in [-0.2, 0) is 10.2 Å². The topological polar surface area (TPSA) is 55.0 Å². The zero-order valence-electron chi connectivity index (χ0n) is 13.3. The summed E-state index contributed by atoms with van der Waals surface area (Å²) in [7, 11) is 1.71. The predicted octanol–water partition coefficient (Wildman–Crippen LogP) is 4.10. The fourth-order valence-corrected chi connectivity index (χ4v) is 3.85.